The average Bonchev–Trinajstić information content (AvgIpc) is 2.95. The number of benzene rings is 2. The van der Waals surface area contributed by atoms with Crippen LogP contribution < -0.4 is 20.7 Å². The quantitative estimate of drug-likeness (QED) is 0.191. The number of nitrogens with one attached hydrogen (secondary N) is 3. The predicted molar refractivity (Wildman–Crippen MR) is 166 cm³/mol. The van der Waals surface area contributed by atoms with E-state index < -0.39 is 0 Å². The normalized spacial score (nSPS) is 10.8. The Labute approximate surface area is 249 Å². The van der Waals surface area contributed by atoms with Gasteiger partial charge >= 0.3 is 0 Å². The molecule has 216 valence electrons. The molecular weight excluding hydrogens is 554 g/mol. The predicted octanol–water partition coefficient (Wildman–Crippen LogP) is 6.14. The number of carbonyl (C=O) groups is 2. The molecule has 0 aliphatic heterocycles. The fourth-order valence-corrected chi connectivity index (χ4v) is 4.55. The third-order valence-corrected chi connectivity index (χ3v) is 6.70. The monoisotopic (exact) mass is 585 g/mol. The number of hydrogen-bond acceptors (Lipinski definition) is 8. The third-order valence-electron chi connectivity index (χ3n) is 6.38. The number of aromatic nitrogens is 2. The van der Waals surface area contributed by atoms with Crippen molar-refractivity contribution >= 4 is 57.1 Å². The highest BCUT2D eigenvalue weighted by Gasteiger charge is 2.17. The van der Waals surface area contributed by atoms with Gasteiger partial charge in [-0.05, 0) is 76.8 Å². The molecule has 11 heteroatoms. The number of hydrogen-bond donors (Lipinski definition) is 3. The number of ether oxygens (including phenoxy) is 1. The first-order valence-electron chi connectivity index (χ1n) is 13.4. The second-order valence-corrected chi connectivity index (χ2v) is 10.3. The molecule has 10 nitrogen and oxygen atoms in total. The van der Waals surface area contributed by atoms with Crippen LogP contribution in [0, 0.1) is 18.3 Å². The summed E-state index contributed by atoms with van der Waals surface area (Å²) in [6.07, 6.45) is 4.10. The van der Waals surface area contributed by atoms with Crippen LogP contribution in [0.5, 0.6) is 5.75 Å². The van der Waals surface area contributed by atoms with E-state index in [4.69, 9.17) is 16.3 Å². The maximum Gasteiger partial charge on any atom is 0.274 e. The van der Waals surface area contributed by atoms with Gasteiger partial charge < -0.3 is 25.6 Å². The number of nitrogens with zero attached hydrogens (tertiary/aromatic N) is 4. The molecule has 0 fully saturated rings. The molecule has 0 spiro atoms. The molecule has 2 aromatic heterocycles. The number of carbonyl (C=O) groups excluding carboxylic acids is 2. The summed E-state index contributed by atoms with van der Waals surface area (Å²) >= 11 is 6.54. The van der Waals surface area contributed by atoms with Crippen LogP contribution in [0.3, 0.4) is 0 Å². The minimum atomic E-state index is -0.371. The van der Waals surface area contributed by atoms with E-state index in [0.29, 0.717) is 75.1 Å². The summed E-state index contributed by atoms with van der Waals surface area (Å²) in [7, 11) is 3.92. The summed E-state index contributed by atoms with van der Waals surface area (Å²) in [4.78, 5) is 36.1. The van der Waals surface area contributed by atoms with E-state index >= 15 is 0 Å². The minimum absolute atomic E-state index is 0.138. The van der Waals surface area contributed by atoms with Gasteiger partial charge in [-0.25, -0.2) is 0 Å². The van der Waals surface area contributed by atoms with Gasteiger partial charge in [0.2, 0.25) is 5.91 Å². The highest BCUT2D eigenvalue weighted by molar-refractivity contribution is 6.34. The topological polar surface area (TPSA) is 132 Å². The number of amides is 2. The van der Waals surface area contributed by atoms with Crippen LogP contribution in [0.15, 0.2) is 54.9 Å². The van der Waals surface area contributed by atoms with Crippen LogP contribution in [-0.2, 0) is 4.79 Å². The Hall–Kier alpha value is -4.72. The Balaban J connectivity index is 1.64. The van der Waals surface area contributed by atoms with Crippen molar-refractivity contribution in [1.29, 1.82) is 5.26 Å². The number of halogens is 1. The number of rotatable bonds is 11. The zero-order chi connectivity index (χ0) is 30.2. The Morgan fingerprint density at radius 2 is 1.90 bits per heavy atom. The summed E-state index contributed by atoms with van der Waals surface area (Å²) in [5.74, 6) is -0.0224. The second-order valence-electron chi connectivity index (χ2n) is 9.85. The van der Waals surface area contributed by atoms with Crippen molar-refractivity contribution in [3.63, 3.8) is 0 Å². The molecule has 0 bridgehead atoms. The Morgan fingerprint density at radius 1 is 1.10 bits per heavy atom. The molecule has 3 N–H and O–H groups in total. The Kier molecular flexibility index (Phi) is 9.91. The van der Waals surface area contributed by atoms with E-state index in [2.05, 4.69) is 32.0 Å². The highest BCUT2D eigenvalue weighted by atomic mass is 35.5. The SMILES string of the molecule is CCOc1cc2ncc(C#N)c(Nc3ccc(NC(=O)c4ncccc4C)c(Cl)c3)c2cc1NC(=O)CCCN(C)C. The van der Waals surface area contributed by atoms with Gasteiger partial charge in [0.25, 0.3) is 5.91 Å². The molecule has 0 aliphatic rings. The molecule has 2 amide bonds. The van der Waals surface area contributed by atoms with Crippen molar-refractivity contribution in [2.24, 2.45) is 0 Å². The standard InChI is InChI=1S/C31H32ClN7O3/c1-5-42-27-16-25-22(15-26(27)37-28(40)9-7-13-39(3)4)30(20(17-33)18-35-25)36-21-10-11-24(23(32)14-21)38-31(41)29-19(2)8-6-12-34-29/h6,8,10-12,14-16,18H,5,7,9,13H2,1-4H3,(H,35,36)(H,37,40)(H,38,41). The molecule has 0 aliphatic carbocycles. The fourth-order valence-electron chi connectivity index (χ4n) is 4.32. The van der Waals surface area contributed by atoms with Gasteiger partial charge in [-0.3, -0.25) is 19.6 Å². The number of nitriles is 1. The molecule has 0 saturated heterocycles. The average molecular weight is 586 g/mol. The van der Waals surface area contributed by atoms with Gasteiger partial charge in [0.05, 0.1) is 39.8 Å². The van der Waals surface area contributed by atoms with Crippen molar-refractivity contribution in [3.05, 3.63) is 76.7 Å². The van der Waals surface area contributed by atoms with Gasteiger partial charge in [-0.15, -0.1) is 0 Å². The Bertz CT molecular complexity index is 1670. The van der Waals surface area contributed by atoms with Gasteiger partial charge in [0, 0.05) is 36.0 Å². The summed E-state index contributed by atoms with van der Waals surface area (Å²) in [5, 5.41) is 19.8. The molecule has 4 aromatic rings. The summed E-state index contributed by atoms with van der Waals surface area (Å²) in [6.45, 7) is 4.86. The maximum atomic E-state index is 12.7. The van der Waals surface area contributed by atoms with Crippen LogP contribution in [0.2, 0.25) is 5.02 Å². The van der Waals surface area contributed by atoms with Crippen LogP contribution >= 0.6 is 11.6 Å². The van der Waals surface area contributed by atoms with E-state index in [1.165, 1.54) is 6.20 Å². The number of fused-ring (bicyclic) bond motifs is 1. The molecule has 42 heavy (non-hydrogen) atoms. The first kappa shape index (κ1) is 30.2. The highest BCUT2D eigenvalue weighted by Crippen LogP contribution is 2.37. The smallest absolute Gasteiger partial charge is 0.274 e. The number of pyridine rings is 2. The number of aryl methyl sites for hydroxylation is 1. The van der Waals surface area contributed by atoms with Crippen molar-refractivity contribution in [2.45, 2.75) is 26.7 Å². The van der Waals surface area contributed by atoms with Crippen molar-refractivity contribution in [1.82, 2.24) is 14.9 Å². The summed E-state index contributed by atoms with van der Waals surface area (Å²) in [6, 6.07) is 14.3. The van der Waals surface area contributed by atoms with Gasteiger partial charge in [-0.1, -0.05) is 17.7 Å². The van der Waals surface area contributed by atoms with Crippen molar-refractivity contribution in [2.75, 3.05) is 43.2 Å². The molecular formula is C31H32ClN7O3. The summed E-state index contributed by atoms with van der Waals surface area (Å²) in [5.41, 5.74) is 3.91. The first-order chi connectivity index (χ1) is 20.2. The Morgan fingerprint density at radius 3 is 2.60 bits per heavy atom. The lowest BCUT2D eigenvalue weighted by atomic mass is 10.1. The third kappa shape index (κ3) is 7.32. The lowest BCUT2D eigenvalue weighted by molar-refractivity contribution is -0.116. The molecule has 0 unspecified atom stereocenters. The summed E-state index contributed by atoms with van der Waals surface area (Å²) < 4.78 is 5.80. The van der Waals surface area contributed by atoms with Crippen LogP contribution in [0.25, 0.3) is 10.9 Å². The van der Waals surface area contributed by atoms with Crippen LogP contribution in [0.4, 0.5) is 22.7 Å². The second kappa shape index (κ2) is 13.8. The lowest BCUT2D eigenvalue weighted by Crippen LogP contribution is -2.17. The van der Waals surface area contributed by atoms with E-state index in [-0.39, 0.29) is 11.8 Å². The molecule has 2 heterocycles. The van der Waals surface area contributed by atoms with E-state index in [1.54, 1.807) is 42.6 Å². The number of anilines is 4. The van der Waals surface area contributed by atoms with Gasteiger partial charge in [0.1, 0.15) is 17.5 Å². The zero-order valence-electron chi connectivity index (χ0n) is 23.9. The van der Waals surface area contributed by atoms with E-state index in [0.717, 1.165) is 12.1 Å². The van der Waals surface area contributed by atoms with Crippen LogP contribution in [0.1, 0.15) is 41.4 Å². The van der Waals surface area contributed by atoms with Crippen molar-refractivity contribution < 1.29 is 14.3 Å². The zero-order valence-corrected chi connectivity index (χ0v) is 24.7. The van der Waals surface area contributed by atoms with Crippen LogP contribution in [-0.4, -0.2) is 53.9 Å². The lowest BCUT2D eigenvalue weighted by Gasteiger charge is -2.17. The first-order valence-corrected chi connectivity index (χ1v) is 13.8. The molecule has 0 radical (unpaired) electrons. The maximum absolute atomic E-state index is 12.7. The van der Waals surface area contributed by atoms with Gasteiger partial charge in [0.15, 0.2) is 0 Å². The molecule has 0 atom stereocenters. The fraction of sp³-hybridized carbons (Fsp3) is 0.258. The van der Waals surface area contributed by atoms with Crippen molar-refractivity contribution in [3.8, 4) is 11.8 Å². The minimum Gasteiger partial charge on any atom is -0.492 e. The molecule has 2 aromatic carbocycles. The van der Waals surface area contributed by atoms with Gasteiger partial charge in [-0.2, -0.15) is 5.26 Å². The largest absolute Gasteiger partial charge is 0.492 e. The molecule has 4 rings (SSSR count). The molecule has 0 saturated carbocycles. The van der Waals surface area contributed by atoms with E-state index in [9.17, 15) is 14.9 Å². The van der Waals surface area contributed by atoms with E-state index in [1.807, 2.05) is 38.9 Å².